The average molecular weight is 536 g/mol. The number of carbonyl (C=O) groups excluding carboxylic acids is 3. The third-order valence-corrected chi connectivity index (χ3v) is 7.02. The molecule has 0 unspecified atom stereocenters. The van der Waals surface area contributed by atoms with Gasteiger partial charge < -0.3 is 19.9 Å². The number of hydrogen-bond donors (Lipinski definition) is 1. The second-order valence-corrected chi connectivity index (χ2v) is 10.9. The van der Waals surface area contributed by atoms with E-state index in [4.69, 9.17) is 16.3 Å². The molecule has 2 aliphatic heterocycles. The first-order chi connectivity index (χ1) is 17.1. The van der Waals surface area contributed by atoms with Crippen LogP contribution in [0.25, 0.3) is 11.3 Å². The van der Waals surface area contributed by atoms with E-state index in [1.54, 1.807) is 30.0 Å². The Morgan fingerprint density at radius 2 is 1.94 bits per heavy atom. The van der Waals surface area contributed by atoms with Crippen LogP contribution in [0.5, 0.6) is 5.75 Å². The van der Waals surface area contributed by atoms with Crippen LogP contribution in [-0.2, 0) is 26.0 Å². The van der Waals surface area contributed by atoms with Crippen LogP contribution in [0.1, 0.15) is 35.8 Å². The largest absolute Gasteiger partial charge is 0.492 e. The number of likely N-dealkylation sites (N-methyl/N-ethyl adjacent to an activating group) is 1. The number of ether oxygens (including phenoxy) is 1. The van der Waals surface area contributed by atoms with Crippen LogP contribution in [0, 0.1) is 0 Å². The minimum Gasteiger partial charge on any atom is -0.492 e. The molecule has 3 amide bonds. The van der Waals surface area contributed by atoms with E-state index >= 15 is 0 Å². The lowest BCUT2D eigenvalue weighted by molar-refractivity contribution is -0.128. The number of carbonyl (C=O) groups is 3. The number of amides is 3. The molecule has 3 heterocycles. The van der Waals surface area contributed by atoms with Crippen molar-refractivity contribution in [1.82, 2.24) is 25.1 Å². The summed E-state index contributed by atoms with van der Waals surface area (Å²) < 4.78 is 30.3. The maximum Gasteiger partial charge on any atom is 0.273 e. The van der Waals surface area contributed by atoms with E-state index in [9.17, 15) is 22.8 Å². The van der Waals surface area contributed by atoms with E-state index in [0.29, 0.717) is 43.0 Å². The topological polar surface area (TPSA) is 139 Å². The predicted molar refractivity (Wildman–Crippen MR) is 130 cm³/mol. The van der Waals surface area contributed by atoms with Crippen molar-refractivity contribution < 1.29 is 27.5 Å². The van der Waals surface area contributed by atoms with Crippen molar-refractivity contribution in [2.24, 2.45) is 0 Å². The minimum absolute atomic E-state index is 0.0309. The number of nitrogens with one attached hydrogen (secondary N) is 1. The smallest absolute Gasteiger partial charge is 0.273 e. The van der Waals surface area contributed by atoms with Gasteiger partial charge >= 0.3 is 0 Å². The van der Waals surface area contributed by atoms with Gasteiger partial charge in [0.1, 0.15) is 24.6 Å². The molecule has 0 bridgehead atoms. The lowest BCUT2D eigenvalue weighted by Gasteiger charge is -2.16. The Hall–Kier alpha value is -3.25. The molecule has 1 aromatic carbocycles. The molecular weight excluding hydrogens is 510 g/mol. The van der Waals surface area contributed by atoms with Crippen LogP contribution in [-0.4, -0.2) is 84.9 Å². The highest BCUT2D eigenvalue weighted by Crippen LogP contribution is 2.36. The number of rotatable bonds is 9. The van der Waals surface area contributed by atoms with Gasteiger partial charge in [-0.3, -0.25) is 14.4 Å². The fourth-order valence-corrected chi connectivity index (χ4v) is 4.91. The quantitative estimate of drug-likeness (QED) is 0.474. The highest BCUT2D eigenvalue weighted by molar-refractivity contribution is 7.90. The summed E-state index contributed by atoms with van der Waals surface area (Å²) in [6.45, 7) is 3.50. The van der Waals surface area contributed by atoms with E-state index in [-0.39, 0.29) is 41.3 Å². The van der Waals surface area contributed by atoms with E-state index < -0.39 is 20.9 Å². The lowest BCUT2D eigenvalue weighted by Crippen LogP contribution is -2.37. The lowest BCUT2D eigenvalue weighted by atomic mass is 10.1. The van der Waals surface area contributed by atoms with Crippen LogP contribution in [0.15, 0.2) is 23.4 Å². The molecule has 1 saturated heterocycles. The maximum absolute atomic E-state index is 13.0. The monoisotopic (exact) mass is 535 g/mol. The number of halogens is 1. The summed E-state index contributed by atoms with van der Waals surface area (Å²) >= 11 is 6.54. The second kappa shape index (κ2) is 10.4. The summed E-state index contributed by atoms with van der Waals surface area (Å²) in [4.78, 5) is 48.0. The molecule has 0 saturated carbocycles. The summed E-state index contributed by atoms with van der Waals surface area (Å²) in [6, 6.07) is 4.86. The number of benzene rings is 1. The van der Waals surface area contributed by atoms with Gasteiger partial charge in [-0.25, -0.2) is 18.4 Å². The molecule has 4 rings (SSSR count). The molecule has 13 heteroatoms. The minimum atomic E-state index is -3.85. The van der Waals surface area contributed by atoms with E-state index in [0.717, 1.165) is 19.2 Å². The third-order valence-electron chi connectivity index (χ3n) is 5.86. The van der Waals surface area contributed by atoms with Gasteiger partial charge in [-0.1, -0.05) is 11.6 Å². The van der Waals surface area contributed by atoms with E-state index in [1.807, 2.05) is 0 Å². The van der Waals surface area contributed by atoms with Gasteiger partial charge in [0.2, 0.25) is 26.8 Å². The summed E-state index contributed by atoms with van der Waals surface area (Å²) in [7, 11) is -3.85. The average Bonchev–Trinajstić information content (AvgIpc) is 3.36. The van der Waals surface area contributed by atoms with Gasteiger partial charge in [-0.05, 0) is 31.5 Å². The Morgan fingerprint density at radius 3 is 2.58 bits per heavy atom. The van der Waals surface area contributed by atoms with Gasteiger partial charge in [0.15, 0.2) is 0 Å². The molecule has 11 nitrogen and oxygen atoms in total. The summed E-state index contributed by atoms with van der Waals surface area (Å²) in [5.74, 6) is -0.315. The number of nitrogens with zero attached hydrogens (tertiary/aromatic N) is 4. The Bertz CT molecular complexity index is 1330. The number of likely N-dealkylation sites (tertiary alicyclic amines) is 1. The number of aromatic nitrogens is 2. The molecule has 192 valence electrons. The molecule has 0 atom stereocenters. The molecule has 1 aromatic heterocycles. The van der Waals surface area contributed by atoms with Crippen molar-refractivity contribution >= 4 is 39.2 Å². The fraction of sp³-hybridized carbons (Fsp3) is 0.435. The fourth-order valence-electron chi connectivity index (χ4n) is 4.14. The van der Waals surface area contributed by atoms with Crippen molar-refractivity contribution in [2.75, 3.05) is 39.0 Å². The van der Waals surface area contributed by atoms with Gasteiger partial charge in [-0.15, -0.1) is 0 Å². The van der Waals surface area contributed by atoms with Gasteiger partial charge in [0, 0.05) is 36.9 Å². The van der Waals surface area contributed by atoms with Crippen LogP contribution in [0.2, 0.25) is 5.02 Å². The Kier molecular flexibility index (Phi) is 7.46. The van der Waals surface area contributed by atoms with Crippen molar-refractivity contribution in [3.05, 3.63) is 34.5 Å². The molecule has 1 fully saturated rings. The Morgan fingerprint density at radius 1 is 1.19 bits per heavy atom. The van der Waals surface area contributed by atoms with Gasteiger partial charge in [0.25, 0.3) is 5.91 Å². The molecule has 36 heavy (non-hydrogen) atoms. The maximum atomic E-state index is 13.0. The molecular formula is C23H26ClN5O6S. The highest BCUT2D eigenvalue weighted by Gasteiger charge is 2.35. The van der Waals surface area contributed by atoms with Crippen LogP contribution in [0.4, 0.5) is 0 Å². The van der Waals surface area contributed by atoms with Crippen LogP contribution < -0.4 is 10.1 Å². The number of sulfone groups is 1. The normalized spacial score (nSPS) is 15.4. The van der Waals surface area contributed by atoms with Gasteiger partial charge in [0.05, 0.1) is 23.8 Å². The van der Waals surface area contributed by atoms with Crippen molar-refractivity contribution in [1.29, 1.82) is 0 Å². The van der Waals surface area contributed by atoms with Gasteiger partial charge in [-0.2, -0.15) is 0 Å². The Balaban J connectivity index is 1.62. The molecule has 2 aromatic rings. The molecule has 2 aliphatic rings. The SMILES string of the molecule is CCNC(=O)CN1Cc2c(nc(S(C)(=O)=O)nc2-c2ccc(OCCN3CCCC3=O)cc2Cl)C1=O. The van der Waals surface area contributed by atoms with E-state index in [1.165, 1.54) is 4.90 Å². The van der Waals surface area contributed by atoms with Crippen LogP contribution in [0.3, 0.4) is 0 Å². The zero-order valence-electron chi connectivity index (χ0n) is 19.9. The predicted octanol–water partition coefficient (Wildman–Crippen LogP) is 1.29. The molecule has 1 N–H and O–H groups in total. The number of fused-ring (bicyclic) bond motifs is 1. The standard InChI is InChI=1S/C23H26ClN5O6S/c1-3-25-18(30)13-29-12-16-20(26-23(36(2,33)34)27-21(16)22(29)32)15-7-6-14(11-17(15)24)35-10-9-28-8-4-5-19(28)31/h6-7,11H,3-5,8-10,12-13H2,1-2H3,(H,25,30). The first-order valence-electron chi connectivity index (χ1n) is 11.5. The van der Waals surface area contributed by atoms with Crippen molar-refractivity contribution in [3.63, 3.8) is 0 Å². The first kappa shape index (κ1) is 25.8. The second-order valence-electron chi connectivity index (χ2n) is 8.54. The van der Waals surface area contributed by atoms with Crippen molar-refractivity contribution in [2.45, 2.75) is 31.5 Å². The van der Waals surface area contributed by atoms with E-state index in [2.05, 4.69) is 15.3 Å². The molecule has 0 spiro atoms. The highest BCUT2D eigenvalue weighted by atomic mass is 35.5. The summed E-state index contributed by atoms with van der Waals surface area (Å²) in [6.07, 6.45) is 2.36. The van der Waals surface area contributed by atoms with Crippen molar-refractivity contribution in [3.8, 4) is 17.0 Å². The molecule has 0 aliphatic carbocycles. The summed E-state index contributed by atoms with van der Waals surface area (Å²) in [5.41, 5.74) is 0.914. The van der Waals surface area contributed by atoms with Crippen LogP contribution >= 0.6 is 11.6 Å². The Labute approximate surface area is 213 Å². The zero-order chi connectivity index (χ0) is 26.0. The molecule has 0 radical (unpaired) electrons. The zero-order valence-corrected chi connectivity index (χ0v) is 21.5. The summed E-state index contributed by atoms with van der Waals surface area (Å²) in [5, 5.41) is 2.36. The first-order valence-corrected chi connectivity index (χ1v) is 13.7. The third kappa shape index (κ3) is 5.44. The number of hydrogen-bond acceptors (Lipinski definition) is 8.